The molecule has 2 N–H and O–H groups in total. The Labute approximate surface area is 148 Å². The summed E-state index contributed by atoms with van der Waals surface area (Å²) in [6, 6.07) is 7.72. The van der Waals surface area contributed by atoms with Crippen LogP contribution in [0.15, 0.2) is 24.3 Å². The van der Waals surface area contributed by atoms with E-state index in [-0.39, 0.29) is 12.0 Å². The van der Waals surface area contributed by atoms with Gasteiger partial charge in [-0.15, -0.1) is 0 Å². The molecule has 0 saturated heterocycles. The molecular weight excluding hydrogens is 413 g/mol. The molecular formula is C15H20IN3O2S. The highest BCUT2D eigenvalue weighted by atomic mass is 127. The Kier molecular flexibility index (Phi) is 5.99. The van der Waals surface area contributed by atoms with Crippen LogP contribution >= 0.6 is 34.1 Å². The highest BCUT2D eigenvalue weighted by Gasteiger charge is 2.19. The lowest BCUT2D eigenvalue weighted by atomic mass is 9.96. The maximum Gasteiger partial charge on any atom is 0.202 e. The fourth-order valence-electron chi connectivity index (χ4n) is 1.59. The van der Waals surface area contributed by atoms with Crippen molar-refractivity contribution in [3.8, 4) is 5.75 Å². The van der Waals surface area contributed by atoms with Crippen LogP contribution in [0.4, 0.5) is 5.13 Å². The molecule has 0 amide bonds. The first-order valence-corrected chi connectivity index (χ1v) is 8.84. The van der Waals surface area contributed by atoms with E-state index in [2.05, 4.69) is 58.0 Å². The normalized spacial score (nSPS) is 13.0. The monoisotopic (exact) mass is 433 g/mol. The van der Waals surface area contributed by atoms with E-state index in [0.29, 0.717) is 6.54 Å². The van der Waals surface area contributed by atoms with Gasteiger partial charge in [0.05, 0.1) is 0 Å². The first-order valence-electron chi connectivity index (χ1n) is 6.99. The Hall–Kier alpha value is -0.930. The minimum Gasteiger partial charge on any atom is -0.491 e. The number of nitrogens with one attached hydrogen (secondary N) is 1. The van der Waals surface area contributed by atoms with E-state index in [1.807, 2.05) is 24.3 Å². The Bertz CT molecular complexity index is 596. The van der Waals surface area contributed by atoms with Crippen molar-refractivity contribution in [2.45, 2.75) is 32.3 Å². The summed E-state index contributed by atoms with van der Waals surface area (Å²) >= 11 is 3.55. The Morgan fingerprint density at radius 1 is 1.32 bits per heavy atom. The van der Waals surface area contributed by atoms with Crippen molar-refractivity contribution in [2.24, 2.45) is 0 Å². The average Bonchev–Trinajstić information content (AvgIpc) is 2.93. The van der Waals surface area contributed by atoms with E-state index in [4.69, 9.17) is 4.74 Å². The van der Waals surface area contributed by atoms with Crippen molar-refractivity contribution in [3.63, 3.8) is 0 Å². The molecule has 0 spiro atoms. The molecule has 0 aliphatic rings. The number of hydrogen-bond donors (Lipinski definition) is 2. The van der Waals surface area contributed by atoms with Gasteiger partial charge in [-0.2, -0.15) is 4.37 Å². The number of benzene rings is 1. The second kappa shape index (κ2) is 7.56. The molecule has 2 rings (SSSR count). The van der Waals surface area contributed by atoms with Crippen molar-refractivity contribution in [3.05, 3.63) is 33.7 Å². The van der Waals surface area contributed by atoms with Crippen molar-refractivity contribution in [1.29, 1.82) is 0 Å². The molecule has 0 aliphatic carbocycles. The van der Waals surface area contributed by atoms with Crippen LogP contribution < -0.4 is 10.1 Å². The van der Waals surface area contributed by atoms with Crippen LogP contribution in [0.3, 0.4) is 0 Å². The number of aliphatic hydroxyl groups is 1. The van der Waals surface area contributed by atoms with Crippen LogP contribution in [-0.2, 0) is 5.41 Å². The molecule has 1 aromatic heterocycles. The van der Waals surface area contributed by atoms with Gasteiger partial charge in [0.15, 0.2) is 0 Å². The number of nitrogens with zero attached hydrogens (tertiary/aromatic N) is 2. The minimum absolute atomic E-state index is 0.0665. The van der Waals surface area contributed by atoms with E-state index < -0.39 is 6.10 Å². The van der Waals surface area contributed by atoms with Crippen molar-refractivity contribution >= 4 is 39.3 Å². The summed E-state index contributed by atoms with van der Waals surface area (Å²) in [4.78, 5) is 4.42. The van der Waals surface area contributed by atoms with Gasteiger partial charge in [-0.3, -0.25) is 0 Å². The van der Waals surface area contributed by atoms with Crippen LogP contribution in [0.1, 0.15) is 26.6 Å². The zero-order valence-electron chi connectivity index (χ0n) is 12.8. The number of aromatic nitrogens is 2. The smallest absolute Gasteiger partial charge is 0.202 e. The first kappa shape index (κ1) is 17.4. The van der Waals surface area contributed by atoms with Gasteiger partial charge in [0.1, 0.15) is 24.3 Å². The Balaban J connectivity index is 1.76. The molecule has 2 aromatic rings. The van der Waals surface area contributed by atoms with Gasteiger partial charge in [0, 0.05) is 27.1 Å². The van der Waals surface area contributed by atoms with Gasteiger partial charge < -0.3 is 15.2 Å². The highest BCUT2D eigenvalue weighted by molar-refractivity contribution is 14.1. The molecule has 0 fully saturated rings. The molecule has 1 heterocycles. The third-order valence-corrected chi connectivity index (χ3v) is 4.23. The van der Waals surface area contributed by atoms with Crippen molar-refractivity contribution in [2.75, 3.05) is 18.5 Å². The zero-order chi connectivity index (χ0) is 16.2. The van der Waals surface area contributed by atoms with E-state index in [0.717, 1.165) is 20.3 Å². The standard InChI is InChI=1S/C15H20IN3O2S/c1-15(2,3)13-18-14(22-19-13)17-8-11(20)9-21-12-6-4-10(16)5-7-12/h4-7,11,20H,8-9H2,1-3H3,(H,17,18,19). The van der Waals surface area contributed by atoms with Gasteiger partial charge >= 0.3 is 0 Å². The molecule has 7 heteroatoms. The fraction of sp³-hybridized carbons (Fsp3) is 0.467. The minimum atomic E-state index is -0.610. The number of hydrogen-bond acceptors (Lipinski definition) is 6. The van der Waals surface area contributed by atoms with E-state index in [1.54, 1.807) is 0 Å². The van der Waals surface area contributed by atoms with E-state index >= 15 is 0 Å². The van der Waals surface area contributed by atoms with Crippen LogP contribution in [0.25, 0.3) is 0 Å². The largest absolute Gasteiger partial charge is 0.491 e. The molecule has 0 aliphatic heterocycles. The molecule has 0 bridgehead atoms. The van der Waals surface area contributed by atoms with Gasteiger partial charge in [0.25, 0.3) is 0 Å². The summed E-state index contributed by atoms with van der Waals surface area (Å²) in [7, 11) is 0. The summed E-state index contributed by atoms with van der Waals surface area (Å²) in [5, 5.41) is 13.8. The van der Waals surface area contributed by atoms with Crippen molar-refractivity contribution in [1.82, 2.24) is 9.36 Å². The predicted molar refractivity (Wildman–Crippen MR) is 97.8 cm³/mol. The van der Waals surface area contributed by atoms with Crippen molar-refractivity contribution < 1.29 is 9.84 Å². The molecule has 1 atom stereocenters. The molecule has 120 valence electrons. The Morgan fingerprint density at radius 2 is 2.00 bits per heavy atom. The van der Waals surface area contributed by atoms with Gasteiger partial charge in [-0.1, -0.05) is 20.8 Å². The van der Waals surface area contributed by atoms with Gasteiger partial charge in [-0.25, -0.2) is 4.98 Å². The molecule has 0 saturated carbocycles. The highest BCUT2D eigenvalue weighted by Crippen LogP contribution is 2.22. The van der Waals surface area contributed by atoms with Gasteiger partial charge in [-0.05, 0) is 46.9 Å². The zero-order valence-corrected chi connectivity index (χ0v) is 15.8. The number of halogens is 1. The summed E-state index contributed by atoms with van der Waals surface area (Å²) < 4.78 is 11.0. The first-order chi connectivity index (χ1) is 10.3. The maximum absolute atomic E-state index is 9.96. The quantitative estimate of drug-likeness (QED) is 0.685. The number of ether oxygens (including phenoxy) is 1. The fourth-order valence-corrected chi connectivity index (χ4v) is 2.71. The van der Waals surface area contributed by atoms with Gasteiger partial charge in [0.2, 0.25) is 5.13 Å². The second-order valence-electron chi connectivity index (χ2n) is 5.97. The van der Waals surface area contributed by atoms with E-state index in [1.165, 1.54) is 11.5 Å². The lowest BCUT2D eigenvalue weighted by Crippen LogP contribution is -2.26. The number of aliphatic hydroxyl groups excluding tert-OH is 1. The van der Waals surface area contributed by atoms with E-state index in [9.17, 15) is 5.11 Å². The van der Waals surface area contributed by atoms with Crippen LogP contribution in [0.5, 0.6) is 5.75 Å². The Morgan fingerprint density at radius 3 is 2.59 bits per heavy atom. The molecule has 1 aromatic carbocycles. The number of anilines is 1. The summed E-state index contributed by atoms with van der Waals surface area (Å²) in [6.45, 7) is 6.83. The second-order valence-corrected chi connectivity index (χ2v) is 7.97. The molecule has 5 nitrogen and oxygen atoms in total. The number of rotatable bonds is 6. The summed E-state index contributed by atoms with van der Waals surface area (Å²) in [6.07, 6.45) is -0.610. The van der Waals surface area contributed by atoms with Crippen LogP contribution in [-0.4, -0.2) is 33.7 Å². The molecule has 22 heavy (non-hydrogen) atoms. The topological polar surface area (TPSA) is 67.3 Å². The lowest BCUT2D eigenvalue weighted by molar-refractivity contribution is 0.117. The lowest BCUT2D eigenvalue weighted by Gasteiger charge is -2.13. The molecule has 1 unspecified atom stereocenters. The van der Waals surface area contributed by atoms with Crippen LogP contribution in [0.2, 0.25) is 0 Å². The summed E-state index contributed by atoms with van der Waals surface area (Å²) in [5.41, 5.74) is -0.0665. The SMILES string of the molecule is CC(C)(C)c1nsc(NCC(O)COc2ccc(I)cc2)n1. The third kappa shape index (κ3) is 5.36. The average molecular weight is 433 g/mol. The summed E-state index contributed by atoms with van der Waals surface area (Å²) in [5.74, 6) is 1.56. The maximum atomic E-state index is 9.96. The third-order valence-electron chi connectivity index (χ3n) is 2.84. The van der Waals surface area contributed by atoms with Crippen LogP contribution in [0, 0.1) is 3.57 Å². The molecule has 0 radical (unpaired) electrons. The predicted octanol–water partition coefficient (Wildman–Crippen LogP) is 3.29.